The minimum Gasteiger partial charge on any atom is -0.396 e. The van der Waals surface area contributed by atoms with Crippen LogP contribution in [0.15, 0.2) is 196 Å². The second-order valence-corrected chi connectivity index (χ2v) is 31.5. The zero-order valence-corrected chi connectivity index (χ0v) is 73.2. The van der Waals surface area contributed by atoms with Crippen LogP contribution in [0.2, 0.25) is 0 Å². The number of nitrogens with zero attached hydrogens (tertiary/aromatic N) is 20. The van der Waals surface area contributed by atoms with Crippen LogP contribution in [0.5, 0.6) is 0 Å². The Kier molecular flexibility index (Phi) is 30.4. The summed E-state index contributed by atoms with van der Waals surface area (Å²) in [4.78, 5) is 35.2. The molecule has 9 N–H and O–H groups in total. The second kappa shape index (κ2) is 42.4. The number of aliphatic hydroxyl groups is 5. The van der Waals surface area contributed by atoms with E-state index in [-0.39, 0.29) is 81.7 Å². The lowest BCUT2D eigenvalue weighted by molar-refractivity contribution is -0.0361. The number of aromatic nitrogens is 20. The molecule has 0 aliphatic heterocycles. The molecule has 1 aliphatic rings. The average molecular weight is 1740 g/mol. The Morgan fingerprint density at radius 2 is 0.711 bits per heavy atom. The molecule has 128 heavy (non-hydrogen) atoms. The lowest BCUT2D eigenvalue weighted by atomic mass is 9.92. The Morgan fingerprint density at radius 3 is 1.02 bits per heavy atom. The number of aryl methyl sites for hydroxylation is 9. The molecule has 12 heterocycles. The van der Waals surface area contributed by atoms with Crippen molar-refractivity contribution < 1.29 is 43.1 Å². The summed E-state index contributed by atoms with van der Waals surface area (Å²) in [6.45, 7) is 20.6. The summed E-state index contributed by atoms with van der Waals surface area (Å²) in [5.74, 6) is -0.583. The highest BCUT2D eigenvalue weighted by atomic mass is 19.3. The lowest BCUT2D eigenvalue weighted by Gasteiger charge is -2.29. The molecule has 0 bridgehead atoms. The molecule has 0 saturated heterocycles. The highest BCUT2D eigenvalue weighted by molar-refractivity contribution is 5.65. The molecule has 16 rings (SSSR count). The van der Waals surface area contributed by atoms with Crippen molar-refractivity contribution in [2.75, 3.05) is 27.9 Å². The predicted octanol–water partition coefficient (Wildman–Crippen LogP) is 17.0. The number of hydrogen-bond acceptors (Lipinski definition) is 25. The first kappa shape index (κ1) is 91.8. The maximum atomic E-state index is 14.4. The molecule has 0 radical (unpaired) electrons. The van der Waals surface area contributed by atoms with Crippen LogP contribution in [-0.4, -0.2) is 143 Å². The van der Waals surface area contributed by atoms with E-state index in [9.17, 15) is 43.1 Å². The van der Waals surface area contributed by atoms with Gasteiger partial charge in [0, 0.05) is 61.4 Å². The molecular weight excluding hydrogens is 1630 g/mol. The first-order chi connectivity index (χ1) is 61.8. The molecule has 0 amide bonds. The fraction of sp³-hybridized carbons (Fsp3) is 0.305. The Balaban J connectivity index is 0.000000146. The van der Waals surface area contributed by atoms with E-state index in [1.165, 1.54) is 17.7 Å². The molecule has 1 saturated carbocycles. The van der Waals surface area contributed by atoms with Crippen LogP contribution in [0, 0.1) is 73.9 Å². The number of nitrogens with one attached hydrogen (secondary N) is 4. The van der Waals surface area contributed by atoms with Gasteiger partial charge in [-0.3, -0.25) is 0 Å². The minimum absolute atomic E-state index is 0.0273. The van der Waals surface area contributed by atoms with Crippen molar-refractivity contribution in [3.63, 3.8) is 0 Å². The normalized spacial score (nSPS) is 13.1. The van der Waals surface area contributed by atoms with Gasteiger partial charge in [0.15, 0.2) is 23.3 Å². The van der Waals surface area contributed by atoms with Gasteiger partial charge in [-0.1, -0.05) is 86.5 Å². The van der Waals surface area contributed by atoms with Crippen LogP contribution in [0.4, 0.5) is 40.8 Å². The van der Waals surface area contributed by atoms with E-state index < -0.39 is 5.92 Å². The van der Waals surface area contributed by atoms with E-state index in [0.717, 1.165) is 86.2 Å². The highest BCUT2D eigenvalue weighted by Gasteiger charge is 2.35. The van der Waals surface area contributed by atoms with Gasteiger partial charge in [-0.2, -0.15) is 0 Å². The predicted molar refractivity (Wildman–Crippen MR) is 482 cm³/mol. The zero-order valence-electron chi connectivity index (χ0n) is 73.2. The summed E-state index contributed by atoms with van der Waals surface area (Å²) < 4.78 is 62.6. The third-order valence-electron chi connectivity index (χ3n) is 21.8. The number of alkyl halides is 2. The van der Waals surface area contributed by atoms with Gasteiger partial charge in [0.1, 0.15) is 34.4 Å². The van der Waals surface area contributed by atoms with Crippen molar-refractivity contribution in [2.24, 2.45) is 0 Å². The summed E-state index contributed by atoms with van der Waals surface area (Å²) in [5.41, 5.74) is 20.5. The van der Waals surface area contributed by atoms with Gasteiger partial charge in [-0.15, -0.1) is 40.8 Å². The molecule has 3 aromatic carbocycles. The van der Waals surface area contributed by atoms with Crippen LogP contribution in [0.1, 0.15) is 173 Å². The van der Waals surface area contributed by atoms with Crippen molar-refractivity contribution in [3.8, 4) is 68.3 Å². The fourth-order valence-corrected chi connectivity index (χ4v) is 14.8. The van der Waals surface area contributed by atoms with Gasteiger partial charge in [0.2, 0.25) is 5.92 Å². The van der Waals surface area contributed by atoms with Crippen molar-refractivity contribution in [1.29, 1.82) is 0 Å². The number of imidazole rings is 4. The van der Waals surface area contributed by atoms with E-state index in [1.54, 1.807) is 49.6 Å². The van der Waals surface area contributed by atoms with Crippen LogP contribution < -0.4 is 21.3 Å². The first-order valence-corrected chi connectivity index (χ1v) is 42.3. The smallest absolute Gasteiger partial charge is 0.248 e. The van der Waals surface area contributed by atoms with Gasteiger partial charge in [-0.25, -0.2) is 57.4 Å². The molecular formula is C95H104F4N24O5. The minimum atomic E-state index is -2.56. The van der Waals surface area contributed by atoms with E-state index in [2.05, 4.69) is 133 Å². The maximum Gasteiger partial charge on any atom is 0.248 e. The molecule has 33 heteroatoms. The first-order valence-electron chi connectivity index (χ1n) is 42.3. The summed E-state index contributed by atoms with van der Waals surface area (Å²) in [6, 6.07) is 43.7. The van der Waals surface area contributed by atoms with Crippen LogP contribution in [-0.2, 0) is 26.4 Å². The molecule has 15 aromatic rings. The summed E-state index contributed by atoms with van der Waals surface area (Å²) in [6.07, 6.45) is 17.8. The fourth-order valence-electron chi connectivity index (χ4n) is 14.8. The third-order valence-corrected chi connectivity index (χ3v) is 21.8. The molecule has 662 valence electrons. The molecule has 1 aliphatic carbocycles. The highest BCUT2D eigenvalue weighted by Crippen LogP contribution is 2.37. The molecule has 29 nitrogen and oxygen atoms in total. The number of pyridine rings is 4. The van der Waals surface area contributed by atoms with Crippen LogP contribution in [0.3, 0.4) is 0 Å². The molecule has 0 unspecified atom stereocenters. The van der Waals surface area contributed by atoms with Crippen molar-refractivity contribution >= 4 is 23.3 Å². The lowest BCUT2D eigenvalue weighted by Crippen LogP contribution is -2.32. The Labute approximate surface area is 739 Å². The molecule has 3 atom stereocenters. The van der Waals surface area contributed by atoms with Gasteiger partial charge in [0.25, 0.3) is 0 Å². The van der Waals surface area contributed by atoms with Gasteiger partial charge in [-0.05, 0) is 207 Å². The van der Waals surface area contributed by atoms with E-state index in [4.69, 9.17) is 0 Å². The van der Waals surface area contributed by atoms with Gasteiger partial charge >= 0.3 is 0 Å². The number of benzene rings is 3. The number of hydrogen-bond donors (Lipinski definition) is 9. The standard InChI is InChI=1S/C25H27FN6O.C25H28N6O2.C24H25FN6O.C21H24F2N6O/c1-4-7-20(18-8-5-6-9-19(18)26)29-25-16(2)12-22(30-31-25)21-10-11-24(23(14-33)28-21)32-13-17(3)27-15-32;1-16-4-6-19(7-5-16)20(10-11-32)28-25-17(2)12-22(29-30-25)21-8-9-24(23(14-33)27-21)31-13-18(3)26-15-31;1-4-19(17-7-5-6-8-18(17)25)28-24-15(2)11-21(29-30-24)20-9-10-23(22(13-32)27-20)31-12-16(3)26-14-31;1-13-9-17(27-28-20(13)25-15-5-7-21(22,23)8-6-15)16-3-4-19(18(11-30)26-16)29-10-14(2)24-12-29/h5-6,8-13,15,20,33H,4,7,14H2,1-3H3,(H,29,31);4-9,12-13,15,20,32-33H,10-11,14H2,1-3H3,(H,28,30);5-12,14,19,32H,4,13H2,1-3H3,(H,28,30);3-4,9-10,12,15,30H,5-8,11H2,1-2H3,(H,25,28)/t2*20-;19-;/m000./s1. The molecule has 1 fully saturated rings. The van der Waals surface area contributed by atoms with Crippen molar-refractivity contribution in [1.82, 2.24) is 98.9 Å². The zero-order chi connectivity index (χ0) is 90.7. The molecule has 12 aromatic heterocycles. The third kappa shape index (κ3) is 22.9. The largest absolute Gasteiger partial charge is 0.396 e. The van der Waals surface area contributed by atoms with E-state index in [1.807, 2.05) is 197 Å². The summed E-state index contributed by atoms with van der Waals surface area (Å²) in [7, 11) is 0. The number of halogens is 4. The number of anilines is 4. The summed E-state index contributed by atoms with van der Waals surface area (Å²) in [5, 5.41) is 96.9. The monoisotopic (exact) mass is 1740 g/mol. The quantitative estimate of drug-likeness (QED) is 0.0206. The maximum absolute atomic E-state index is 14.4. The van der Waals surface area contributed by atoms with Crippen molar-refractivity contribution in [2.45, 2.75) is 184 Å². The Morgan fingerprint density at radius 1 is 0.383 bits per heavy atom. The van der Waals surface area contributed by atoms with Crippen LogP contribution in [0.25, 0.3) is 68.3 Å². The topological polar surface area (TPSA) is 375 Å². The van der Waals surface area contributed by atoms with E-state index >= 15 is 0 Å². The average Bonchev–Trinajstić information content (AvgIpc) is 1.13. The number of rotatable bonds is 28. The SMILES string of the molecule is CCC[C@H](Nc1nnc(-c2ccc(-n3cnc(C)c3)c(CO)n2)cc1C)c1ccccc1F.CC[C@H](Nc1nnc(-c2ccc(-n3cnc(C)c3)c(CO)n2)cc1C)c1ccccc1F.Cc1ccc([C@H](CCO)Nc2nnc(-c3ccc(-n4cnc(C)c4)c(CO)n3)cc2C)cc1.Cc1cn(-c2ccc(-c3cc(C)c(NC4CCC(F)(F)CC4)nn3)nc2CO)cn1. The second-order valence-electron chi connectivity index (χ2n) is 31.5. The Hall–Kier alpha value is -13.9. The van der Waals surface area contributed by atoms with Crippen molar-refractivity contribution in [3.05, 3.63) is 297 Å². The Bertz CT molecular complexity index is 6270. The molecule has 0 spiro atoms. The van der Waals surface area contributed by atoms with Crippen LogP contribution >= 0.6 is 0 Å². The summed E-state index contributed by atoms with van der Waals surface area (Å²) >= 11 is 0. The van der Waals surface area contributed by atoms with Gasteiger partial charge in [0.05, 0.1) is 161 Å². The van der Waals surface area contributed by atoms with E-state index in [0.29, 0.717) is 128 Å². The van der Waals surface area contributed by atoms with Gasteiger partial charge < -0.3 is 65.1 Å². The number of aliphatic hydroxyl groups excluding tert-OH is 5.